The maximum absolute atomic E-state index is 12.9. The lowest BCUT2D eigenvalue weighted by Crippen LogP contribution is -2.45. The maximum Gasteiger partial charge on any atom is 0.268 e. The van der Waals surface area contributed by atoms with Crippen LogP contribution in [-0.4, -0.2) is 41.2 Å². The molecule has 0 aliphatic rings. The molecule has 7 nitrogen and oxygen atoms in total. The fourth-order valence-corrected chi connectivity index (χ4v) is 3.14. The SMILES string of the molecule is Cl.N#Cc1ccc(-c2c(C(=O)NC[C@H](N)C(O)CCN)[nH]c3ccccc23)cc1. The molecule has 0 aliphatic heterocycles. The molecule has 29 heavy (non-hydrogen) atoms. The molecular formula is C21H24ClN5O2. The molecule has 0 saturated carbocycles. The van der Waals surface area contributed by atoms with E-state index in [1.807, 2.05) is 36.4 Å². The van der Waals surface area contributed by atoms with Crippen LogP contribution in [0.3, 0.4) is 0 Å². The molecule has 7 N–H and O–H groups in total. The molecule has 0 fully saturated rings. The second-order valence-corrected chi connectivity index (χ2v) is 6.63. The van der Waals surface area contributed by atoms with E-state index in [0.717, 1.165) is 22.0 Å². The predicted octanol–water partition coefficient (Wildman–Crippen LogP) is 1.90. The number of H-pyrrole nitrogens is 1. The smallest absolute Gasteiger partial charge is 0.268 e. The monoisotopic (exact) mass is 413 g/mol. The van der Waals surface area contributed by atoms with Crippen molar-refractivity contribution in [3.8, 4) is 17.2 Å². The molecule has 0 spiro atoms. The van der Waals surface area contributed by atoms with Crippen molar-refractivity contribution in [3.05, 3.63) is 59.8 Å². The quantitative estimate of drug-likeness (QED) is 0.402. The maximum atomic E-state index is 12.9. The number of fused-ring (bicyclic) bond motifs is 1. The molecule has 2 atom stereocenters. The van der Waals surface area contributed by atoms with Gasteiger partial charge in [-0.05, 0) is 36.7 Å². The highest BCUT2D eigenvalue weighted by molar-refractivity contribution is 6.09. The number of aromatic nitrogens is 1. The summed E-state index contributed by atoms with van der Waals surface area (Å²) in [6.07, 6.45) is -0.397. The van der Waals surface area contributed by atoms with Gasteiger partial charge >= 0.3 is 0 Å². The Hall–Kier alpha value is -2.89. The molecule has 1 heterocycles. The first kappa shape index (κ1) is 22.4. The number of hydrogen-bond acceptors (Lipinski definition) is 5. The van der Waals surface area contributed by atoms with Crippen LogP contribution in [0.5, 0.6) is 0 Å². The second-order valence-electron chi connectivity index (χ2n) is 6.63. The van der Waals surface area contributed by atoms with Gasteiger partial charge in [0.15, 0.2) is 0 Å². The number of nitrogens with one attached hydrogen (secondary N) is 2. The Labute approximate surface area is 175 Å². The van der Waals surface area contributed by atoms with Crippen LogP contribution in [-0.2, 0) is 0 Å². The summed E-state index contributed by atoms with van der Waals surface area (Å²) in [6.45, 7) is 0.454. The molecule has 0 bridgehead atoms. The zero-order valence-corrected chi connectivity index (χ0v) is 16.6. The van der Waals surface area contributed by atoms with E-state index in [2.05, 4.69) is 16.4 Å². The lowest BCUT2D eigenvalue weighted by molar-refractivity contribution is 0.0925. The summed E-state index contributed by atoms with van der Waals surface area (Å²) in [5.41, 5.74) is 14.7. The summed E-state index contributed by atoms with van der Waals surface area (Å²) >= 11 is 0. The van der Waals surface area contributed by atoms with Gasteiger partial charge in [0.25, 0.3) is 5.91 Å². The standard InChI is InChI=1S/C21H23N5O2.ClH/c22-10-9-18(27)16(24)12-25-21(28)20-19(14-7-5-13(11-23)6-8-14)15-3-1-2-4-17(15)26-20;/h1-8,16,18,26-27H,9-10,12,22,24H2,(H,25,28);1H/t16-,18?;/m0./s1. The first-order valence-corrected chi connectivity index (χ1v) is 9.08. The summed E-state index contributed by atoms with van der Waals surface area (Å²) in [4.78, 5) is 16.0. The topological polar surface area (TPSA) is 141 Å². The van der Waals surface area contributed by atoms with Crippen LogP contribution in [0.4, 0.5) is 0 Å². The number of para-hydroxylation sites is 1. The van der Waals surface area contributed by atoms with E-state index < -0.39 is 12.1 Å². The second kappa shape index (κ2) is 10.0. The first-order valence-electron chi connectivity index (χ1n) is 9.08. The van der Waals surface area contributed by atoms with Gasteiger partial charge in [-0.15, -0.1) is 12.4 Å². The summed E-state index contributed by atoms with van der Waals surface area (Å²) in [6, 6.07) is 16.2. The van der Waals surface area contributed by atoms with Crippen molar-refractivity contribution in [1.82, 2.24) is 10.3 Å². The number of aliphatic hydroxyl groups is 1. The van der Waals surface area contributed by atoms with Crippen molar-refractivity contribution in [2.75, 3.05) is 13.1 Å². The Morgan fingerprint density at radius 2 is 1.90 bits per heavy atom. The lowest BCUT2D eigenvalue weighted by atomic mass is 10.00. The predicted molar refractivity (Wildman–Crippen MR) is 116 cm³/mol. The van der Waals surface area contributed by atoms with Crippen LogP contribution in [0.1, 0.15) is 22.5 Å². The van der Waals surface area contributed by atoms with Crippen LogP contribution in [0.25, 0.3) is 22.0 Å². The number of halogens is 1. The number of carbonyl (C=O) groups is 1. The highest BCUT2D eigenvalue weighted by Gasteiger charge is 2.21. The van der Waals surface area contributed by atoms with Gasteiger partial charge in [-0.1, -0.05) is 30.3 Å². The number of nitrogens with two attached hydrogens (primary N) is 2. The minimum atomic E-state index is -0.772. The zero-order chi connectivity index (χ0) is 20.1. The number of aliphatic hydroxyl groups excluding tert-OH is 1. The molecule has 152 valence electrons. The number of benzene rings is 2. The molecule has 3 rings (SSSR count). The number of amides is 1. The molecule has 2 aromatic carbocycles. The van der Waals surface area contributed by atoms with Crippen molar-refractivity contribution in [1.29, 1.82) is 5.26 Å². The Bertz CT molecular complexity index is 1010. The number of nitrogens with zero attached hydrogens (tertiary/aromatic N) is 1. The fourth-order valence-electron chi connectivity index (χ4n) is 3.14. The minimum absolute atomic E-state index is 0. The molecule has 0 saturated heterocycles. The zero-order valence-electron chi connectivity index (χ0n) is 15.8. The van der Waals surface area contributed by atoms with Crippen molar-refractivity contribution in [3.63, 3.8) is 0 Å². The van der Waals surface area contributed by atoms with E-state index in [1.165, 1.54) is 0 Å². The number of carbonyl (C=O) groups excluding carboxylic acids is 1. The molecule has 1 unspecified atom stereocenters. The number of nitriles is 1. The molecule has 0 radical (unpaired) electrons. The Balaban J connectivity index is 0.00000300. The van der Waals surface area contributed by atoms with Gasteiger partial charge in [-0.25, -0.2) is 0 Å². The van der Waals surface area contributed by atoms with Gasteiger partial charge in [0.1, 0.15) is 5.69 Å². The van der Waals surface area contributed by atoms with Crippen LogP contribution >= 0.6 is 12.4 Å². The number of rotatable bonds is 7. The van der Waals surface area contributed by atoms with Gasteiger partial charge < -0.3 is 26.9 Å². The van der Waals surface area contributed by atoms with Gasteiger partial charge in [-0.3, -0.25) is 4.79 Å². The summed E-state index contributed by atoms with van der Waals surface area (Å²) < 4.78 is 0. The number of aromatic amines is 1. The van der Waals surface area contributed by atoms with Crippen LogP contribution in [0.15, 0.2) is 48.5 Å². The third-order valence-corrected chi connectivity index (χ3v) is 4.69. The largest absolute Gasteiger partial charge is 0.391 e. The number of hydrogen-bond donors (Lipinski definition) is 5. The van der Waals surface area contributed by atoms with Gasteiger partial charge in [0, 0.05) is 29.1 Å². The lowest BCUT2D eigenvalue weighted by Gasteiger charge is -2.18. The van der Waals surface area contributed by atoms with Crippen molar-refractivity contribution >= 4 is 29.2 Å². The molecule has 1 amide bonds. The highest BCUT2D eigenvalue weighted by Crippen LogP contribution is 2.32. The van der Waals surface area contributed by atoms with E-state index in [4.69, 9.17) is 16.7 Å². The van der Waals surface area contributed by atoms with Crippen molar-refractivity contribution in [2.45, 2.75) is 18.6 Å². The highest BCUT2D eigenvalue weighted by atomic mass is 35.5. The van der Waals surface area contributed by atoms with E-state index in [1.54, 1.807) is 12.1 Å². The normalized spacial score (nSPS) is 12.6. The molecule has 1 aromatic heterocycles. The van der Waals surface area contributed by atoms with E-state index in [-0.39, 0.29) is 24.9 Å². The van der Waals surface area contributed by atoms with Gasteiger partial charge in [0.2, 0.25) is 0 Å². The van der Waals surface area contributed by atoms with Crippen molar-refractivity contribution in [2.24, 2.45) is 11.5 Å². The van der Waals surface area contributed by atoms with E-state index in [0.29, 0.717) is 24.2 Å². The van der Waals surface area contributed by atoms with E-state index in [9.17, 15) is 9.90 Å². The van der Waals surface area contributed by atoms with Crippen LogP contribution in [0, 0.1) is 11.3 Å². The Morgan fingerprint density at radius 1 is 1.21 bits per heavy atom. The van der Waals surface area contributed by atoms with Gasteiger partial charge in [-0.2, -0.15) is 5.26 Å². The summed E-state index contributed by atoms with van der Waals surface area (Å²) in [5, 5.41) is 22.6. The van der Waals surface area contributed by atoms with E-state index >= 15 is 0 Å². The Morgan fingerprint density at radius 3 is 2.55 bits per heavy atom. The first-order chi connectivity index (χ1) is 13.5. The molecule has 3 aromatic rings. The van der Waals surface area contributed by atoms with Crippen LogP contribution < -0.4 is 16.8 Å². The Kier molecular flexibility index (Phi) is 7.76. The average Bonchev–Trinajstić information content (AvgIpc) is 3.11. The average molecular weight is 414 g/mol. The molecular weight excluding hydrogens is 390 g/mol. The molecule has 8 heteroatoms. The third-order valence-electron chi connectivity index (χ3n) is 4.69. The fraction of sp³-hybridized carbons (Fsp3) is 0.238. The minimum Gasteiger partial charge on any atom is -0.391 e. The summed E-state index contributed by atoms with van der Waals surface area (Å²) in [7, 11) is 0. The summed E-state index contributed by atoms with van der Waals surface area (Å²) in [5.74, 6) is -0.314. The van der Waals surface area contributed by atoms with Gasteiger partial charge in [0.05, 0.1) is 17.7 Å². The van der Waals surface area contributed by atoms with Crippen LogP contribution in [0.2, 0.25) is 0 Å². The molecule has 0 aliphatic carbocycles. The third kappa shape index (κ3) is 4.94. The van der Waals surface area contributed by atoms with Crippen molar-refractivity contribution < 1.29 is 9.90 Å².